The molecule has 0 aliphatic carbocycles. The molecule has 1 aromatic carbocycles. The van der Waals surface area contributed by atoms with Crippen molar-refractivity contribution >= 4 is 40.1 Å². The van der Waals surface area contributed by atoms with E-state index >= 15 is 0 Å². The first kappa shape index (κ1) is 22.7. The van der Waals surface area contributed by atoms with E-state index in [4.69, 9.17) is 20.8 Å². The van der Waals surface area contributed by atoms with Gasteiger partial charge in [-0.15, -0.1) is 0 Å². The van der Waals surface area contributed by atoms with Crippen LogP contribution in [-0.2, 0) is 11.8 Å². The summed E-state index contributed by atoms with van der Waals surface area (Å²) in [5.74, 6) is 1.88. The summed E-state index contributed by atoms with van der Waals surface area (Å²) in [7, 11) is 1.96. The van der Waals surface area contributed by atoms with Crippen molar-refractivity contribution < 1.29 is 13.9 Å². The van der Waals surface area contributed by atoms with E-state index < -0.39 is 6.09 Å². The van der Waals surface area contributed by atoms with E-state index in [1.54, 1.807) is 32.3 Å². The van der Waals surface area contributed by atoms with Gasteiger partial charge in [0.25, 0.3) is 0 Å². The predicted molar refractivity (Wildman–Crippen MR) is 134 cm³/mol. The molecule has 10 heteroatoms. The van der Waals surface area contributed by atoms with E-state index in [1.165, 1.54) is 11.0 Å². The highest BCUT2D eigenvalue weighted by Crippen LogP contribution is 2.33. The topological polar surface area (TPSA) is 100 Å². The number of hydrogen-bond acceptors (Lipinski definition) is 7. The summed E-state index contributed by atoms with van der Waals surface area (Å²) in [5.41, 5.74) is 3.74. The number of oxazole rings is 1. The van der Waals surface area contributed by atoms with Gasteiger partial charge in [0.1, 0.15) is 11.6 Å². The Bertz CT molecular complexity index is 1530. The second kappa shape index (κ2) is 8.92. The number of hydrogen-bond donors (Lipinski definition) is 1. The molecular weight excluding hydrogens is 468 g/mol. The second-order valence-electron chi connectivity index (χ2n) is 8.36. The largest absolute Gasteiger partial charge is 0.446 e. The summed E-state index contributed by atoms with van der Waals surface area (Å²) in [5, 5.41) is 4.52. The van der Waals surface area contributed by atoms with E-state index in [1.807, 2.05) is 49.0 Å². The molecule has 0 aliphatic rings. The van der Waals surface area contributed by atoms with Crippen LogP contribution in [0, 0.1) is 6.92 Å². The Morgan fingerprint density at radius 3 is 2.60 bits per heavy atom. The van der Waals surface area contributed by atoms with Crippen LogP contribution in [0.5, 0.6) is 0 Å². The first-order valence-corrected chi connectivity index (χ1v) is 11.4. The molecular formula is C25H23ClN6O3. The molecule has 0 radical (unpaired) electrons. The van der Waals surface area contributed by atoms with Crippen molar-refractivity contribution in [1.29, 1.82) is 0 Å². The molecule has 5 aromatic rings. The van der Waals surface area contributed by atoms with E-state index in [9.17, 15) is 4.79 Å². The highest BCUT2D eigenvalue weighted by molar-refractivity contribution is 6.33. The highest BCUT2D eigenvalue weighted by atomic mass is 35.5. The summed E-state index contributed by atoms with van der Waals surface area (Å²) in [6.45, 7) is 5.54. The number of imidazole rings is 1. The normalized spacial score (nSPS) is 11.4. The lowest BCUT2D eigenvalue weighted by Crippen LogP contribution is -2.18. The minimum atomic E-state index is -0.521. The Labute approximate surface area is 206 Å². The molecule has 0 atom stereocenters. The van der Waals surface area contributed by atoms with Crippen LogP contribution in [-0.4, -0.2) is 36.3 Å². The summed E-state index contributed by atoms with van der Waals surface area (Å²) >= 11 is 6.60. The molecule has 0 amide bonds. The van der Waals surface area contributed by atoms with Crippen molar-refractivity contribution in [1.82, 2.24) is 24.1 Å². The number of aryl methyl sites for hydroxylation is 1. The zero-order valence-electron chi connectivity index (χ0n) is 19.6. The van der Waals surface area contributed by atoms with Crippen LogP contribution >= 0.6 is 11.6 Å². The van der Waals surface area contributed by atoms with Gasteiger partial charge >= 0.3 is 6.09 Å². The zero-order chi connectivity index (χ0) is 24.7. The first-order valence-electron chi connectivity index (χ1n) is 11.0. The molecule has 0 bridgehead atoms. The van der Waals surface area contributed by atoms with Gasteiger partial charge in [0.15, 0.2) is 12.2 Å². The molecule has 4 heterocycles. The molecule has 35 heavy (non-hydrogen) atoms. The van der Waals surface area contributed by atoms with Crippen LogP contribution in [0.25, 0.3) is 33.6 Å². The number of fused-ring (bicyclic) bond motifs is 1. The number of nitrogens with zero attached hydrogens (tertiary/aromatic N) is 5. The van der Waals surface area contributed by atoms with Crippen molar-refractivity contribution in [2.45, 2.75) is 26.9 Å². The van der Waals surface area contributed by atoms with Crippen molar-refractivity contribution in [3.63, 3.8) is 0 Å². The molecule has 0 spiro atoms. The molecule has 0 unspecified atom stereocenters. The van der Waals surface area contributed by atoms with Gasteiger partial charge in [0.05, 0.1) is 46.1 Å². The Hall–Kier alpha value is -4.11. The zero-order valence-corrected chi connectivity index (χ0v) is 20.4. The van der Waals surface area contributed by atoms with E-state index in [0.717, 1.165) is 22.5 Å². The lowest BCUT2D eigenvalue weighted by Gasteiger charge is -2.13. The van der Waals surface area contributed by atoms with Crippen LogP contribution in [0.1, 0.15) is 19.7 Å². The highest BCUT2D eigenvalue weighted by Gasteiger charge is 2.21. The molecule has 5 rings (SSSR count). The predicted octanol–water partition coefficient (Wildman–Crippen LogP) is 6.19. The first-order chi connectivity index (χ1) is 16.8. The second-order valence-corrected chi connectivity index (χ2v) is 8.77. The number of ether oxygens (including phenoxy) is 1. The fraction of sp³-hybridized carbons (Fsp3) is 0.200. The van der Waals surface area contributed by atoms with Crippen LogP contribution in [0.15, 0.2) is 59.7 Å². The molecule has 0 saturated heterocycles. The molecule has 0 saturated carbocycles. The Morgan fingerprint density at radius 2 is 1.94 bits per heavy atom. The van der Waals surface area contributed by atoms with Crippen LogP contribution in [0.4, 0.5) is 16.3 Å². The third kappa shape index (κ3) is 4.26. The number of aromatic nitrogens is 5. The number of carbonyl (C=O) groups is 1. The Kier molecular flexibility index (Phi) is 5.78. The minimum Gasteiger partial charge on any atom is -0.446 e. The molecule has 1 N–H and O–H groups in total. The van der Waals surface area contributed by atoms with Crippen LogP contribution in [0.2, 0.25) is 5.02 Å². The SMILES string of the molecule is Cc1ncc(-c2ccc(Nc3cc4c(cn3)cc(-c3cnco3)n4C(=O)OC(C)C)c(Cl)c2)n1C. The number of benzene rings is 1. The number of anilines is 2. The van der Waals surface area contributed by atoms with Gasteiger partial charge in [-0.25, -0.2) is 24.3 Å². The van der Waals surface area contributed by atoms with Crippen molar-refractivity contribution in [3.8, 4) is 22.7 Å². The average molecular weight is 491 g/mol. The number of nitrogens with one attached hydrogen (secondary N) is 1. The van der Waals surface area contributed by atoms with E-state index in [0.29, 0.717) is 33.5 Å². The van der Waals surface area contributed by atoms with Gasteiger partial charge in [-0.1, -0.05) is 17.7 Å². The maximum atomic E-state index is 13.0. The van der Waals surface area contributed by atoms with Crippen LogP contribution in [0.3, 0.4) is 0 Å². The van der Waals surface area contributed by atoms with E-state index in [-0.39, 0.29) is 6.10 Å². The summed E-state index contributed by atoms with van der Waals surface area (Å²) in [6.07, 6.45) is 5.55. The van der Waals surface area contributed by atoms with Gasteiger partial charge in [0.2, 0.25) is 0 Å². The van der Waals surface area contributed by atoms with Crippen molar-refractivity contribution in [2.24, 2.45) is 7.05 Å². The van der Waals surface area contributed by atoms with Gasteiger partial charge in [-0.2, -0.15) is 0 Å². The van der Waals surface area contributed by atoms with Gasteiger partial charge < -0.3 is 19.0 Å². The monoisotopic (exact) mass is 490 g/mol. The van der Waals surface area contributed by atoms with Crippen molar-refractivity contribution in [3.05, 3.63) is 66.2 Å². The lowest BCUT2D eigenvalue weighted by atomic mass is 10.1. The molecule has 4 aromatic heterocycles. The van der Waals surface area contributed by atoms with Gasteiger partial charge in [-0.05, 0) is 39.0 Å². The molecule has 0 fully saturated rings. The Balaban J connectivity index is 1.52. The fourth-order valence-corrected chi connectivity index (χ4v) is 4.06. The van der Waals surface area contributed by atoms with Crippen LogP contribution < -0.4 is 5.32 Å². The summed E-state index contributed by atoms with van der Waals surface area (Å²) < 4.78 is 14.4. The van der Waals surface area contributed by atoms with Gasteiger partial charge in [0, 0.05) is 30.3 Å². The number of rotatable bonds is 5. The minimum absolute atomic E-state index is 0.289. The standard InChI is InChI=1S/C25H23ClN6O3/c1-14(2)35-25(33)32-20-9-24(29-10-17(20)8-21(32)23-12-27-13-34-23)30-19-6-5-16(7-18(19)26)22-11-28-15(3)31(22)4/h5-14H,1-4H3,(H,29,30). The quantitative estimate of drug-likeness (QED) is 0.313. The smallest absolute Gasteiger partial charge is 0.419 e. The number of halogens is 1. The molecule has 9 nitrogen and oxygen atoms in total. The fourth-order valence-electron chi connectivity index (χ4n) is 3.83. The van der Waals surface area contributed by atoms with E-state index in [2.05, 4.69) is 20.3 Å². The third-order valence-corrected chi connectivity index (χ3v) is 5.95. The number of pyridine rings is 1. The lowest BCUT2D eigenvalue weighted by molar-refractivity contribution is 0.118. The maximum absolute atomic E-state index is 13.0. The Morgan fingerprint density at radius 1 is 1.11 bits per heavy atom. The summed E-state index contributed by atoms with van der Waals surface area (Å²) in [6, 6.07) is 9.31. The van der Waals surface area contributed by atoms with Crippen molar-refractivity contribution in [2.75, 3.05) is 5.32 Å². The van der Waals surface area contributed by atoms with Gasteiger partial charge in [-0.3, -0.25) is 0 Å². The number of carbonyl (C=O) groups excluding carboxylic acids is 1. The third-order valence-electron chi connectivity index (χ3n) is 5.64. The molecule has 0 aliphatic heterocycles. The average Bonchev–Trinajstić information content (AvgIpc) is 3.54. The maximum Gasteiger partial charge on any atom is 0.419 e. The molecule has 178 valence electrons. The summed E-state index contributed by atoms with van der Waals surface area (Å²) in [4.78, 5) is 25.8.